The van der Waals surface area contributed by atoms with Crippen LogP contribution in [0.5, 0.6) is 0 Å². The van der Waals surface area contributed by atoms with E-state index in [1.54, 1.807) is 18.1 Å². The number of benzene rings is 1. The number of imide groups is 1. The van der Waals surface area contributed by atoms with E-state index in [1.807, 2.05) is 12.1 Å². The monoisotopic (exact) mass is 360 g/mol. The quantitative estimate of drug-likeness (QED) is 0.566. The molecule has 8 heteroatoms. The SMILES string of the molecule is COC(CN)CNCc1ccc2c(c1)CN(C1CCC(=O)NC1=O)C2=O. The van der Waals surface area contributed by atoms with Crippen LogP contribution in [0.3, 0.4) is 0 Å². The van der Waals surface area contributed by atoms with Gasteiger partial charge in [0.05, 0.1) is 6.10 Å². The molecule has 1 aromatic carbocycles. The van der Waals surface area contributed by atoms with Crippen molar-refractivity contribution in [2.45, 2.75) is 38.1 Å². The van der Waals surface area contributed by atoms with Gasteiger partial charge in [-0.1, -0.05) is 12.1 Å². The largest absolute Gasteiger partial charge is 0.379 e. The summed E-state index contributed by atoms with van der Waals surface area (Å²) in [6.07, 6.45) is 0.595. The smallest absolute Gasteiger partial charge is 0.255 e. The van der Waals surface area contributed by atoms with Crippen LogP contribution in [0.1, 0.15) is 34.3 Å². The Labute approximate surface area is 152 Å². The van der Waals surface area contributed by atoms with E-state index in [0.29, 0.717) is 38.2 Å². The molecule has 0 saturated carbocycles. The van der Waals surface area contributed by atoms with Gasteiger partial charge in [0, 0.05) is 45.3 Å². The standard InChI is InChI=1S/C18H24N4O4/c1-26-13(7-19)9-20-8-11-2-3-14-12(6-11)10-22(18(14)25)15-4-5-16(23)21-17(15)24/h2-3,6,13,15,20H,4-5,7-10,19H2,1H3,(H,21,23,24). The number of carbonyl (C=O) groups excluding carboxylic acids is 3. The summed E-state index contributed by atoms with van der Waals surface area (Å²) in [5, 5.41) is 5.60. The van der Waals surface area contributed by atoms with Crippen molar-refractivity contribution in [2.75, 3.05) is 20.2 Å². The van der Waals surface area contributed by atoms with Crippen LogP contribution >= 0.6 is 0 Å². The Morgan fingerprint density at radius 3 is 2.88 bits per heavy atom. The average molecular weight is 360 g/mol. The van der Waals surface area contributed by atoms with Gasteiger partial charge in [0.2, 0.25) is 11.8 Å². The lowest BCUT2D eigenvalue weighted by atomic mass is 10.0. The van der Waals surface area contributed by atoms with Gasteiger partial charge in [0.15, 0.2) is 0 Å². The number of carbonyl (C=O) groups is 3. The van der Waals surface area contributed by atoms with Crippen LogP contribution in [0.15, 0.2) is 18.2 Å². The third-order valence-corrected chi connectivity index (χ3v) is 4.89. The predicted molar refractivity (Wildman–Crippen MR) is 94.0 cm³/mol. The zero-order valence-electron chi connectivity index (χ0n) is 14.8. The highest BCUT2D eigenvalue weighted by Crippen LogP contribution is 2.28. The van der Waals surface area contributed by atoms with Crippen molar-refractivity contribution in [3.8, 4) is 0 Å². The van der Waals surface area contributed by atoms with Crippen molar-refractivity contribution in [3.63, 3.8) is 0 Å². The summed E-state index contributed by atoms with van der Waals surface area (Å²) in [6.45, 7) is 2.12. The van der Waals surface area contributed by atoms with Crippen molar-refractivity contribution in [1.82, 2.24) is 15.5 Å². The van der Waals surface area contributed by atoms with Crippen LogP contribution in [0, 0.1) is 0 Å². The number of nitrogens with zero attached hydrogens (tertiary/aromatic N) is 1. The second kappa shape index (κ2) is 7.94. The lowest BCUT2D eigenvalue weighted by molar-refractivity contribution is -0.136. The Kier molecular flexibility index (Phi) is 5.65. The summed E-state index contributed by atoms with van der Waals surface area (Å²) in [5.74, 6) is -0.830. The van der Waals surface area contributed by atoms with Gasteiger partial charge in [0.1, 0.15) is 6.04 Å². The maximum atomic E-state index is 12.6. The molecule has 140 valence electrons. The van der Waals surface area contributed by atoms with E-state index >= 15 is 0 Å². The molecule has 3 rings (SSSR count). The molecule has 4 N–H and O–H groups in total. The van der Waals surface area contributed by atoms with Crippen LogP contribution in [0.2, 0.25) is 0 Å². The van der Waals surface area contributed by atoms with Gasteiger partial charge in [-0.3, -0.25) is 19.7 Å². The van der Waals surface area contributed by atoms with Crippen LogP contribution in [0.25, 0.3) is 0 Å². The minimum atomic E-state index is -0.582. The Morgan fingerprint density at radius 1 is 1.38 bits per heavy atom. The molecule has 1 aromatic rings. The van der Waals surface area contributed by atoms with Gasteiger partial charge in [0.25, 0.3) is 5.91 Å². The summed E-state index contributed by atoms with van der Waals surface area (Å²) in [4.78, 5) is 37.6. The molecule has 1 fully saturated rings. The van der Waals surface area contributed by atoms with Gasteiger partial charge in [-0.05, 0) is 23.6 Å². The fourth-order valence-corrected chi connectivity index (χ4v) is 3.38. The molecule has 2 aliphatic rings. The maximum Gasteiger partial charge on any atom is 0.255 e. The van der Waals surface area contributed by atoms with Gasteiger partial charge < -0.3 is 20.7 Å². The normalized spacial score (nSPS) is 20.9. The molecule has 26 heavy (non-hydrogen) atoms. The number of fused-ring (bicyclic) bond motifs is 1. The molecule has 2 heterocycles. The molecule has 3 amide bonds. The van der Waals surface area contributed by atoms with Crippen LogP contribution < -0.4 is 16.4 Å². The maximum absolute atomic E-state index is 12.6. The fraction of sp³-hybridized carbons (Fsp3) is 0.500. The third kappa shape index (κ3) is 3.77. The number of hydrogen-bond donors (Lipinski definition) is 3. The Bertz CT molecular complexity index is 717. The van der Waals surface area contributed by atoms with E-state index in [-0.39, 0.29) is 24.3 Å². The fourth-order valence-electron chi connectivity index (χ4n) is 3.38. The highest BCUT2D eigenvalue weighted by molar-refractivity contribution is 6.05. The van der Waals surface area contributed by atoms with Gasteiger partial charge in [-0.25, -0.2) is 0 Å². The zero-order chi connectivity index (χ0) is 18.7. The summed E-state index contributed by atoms with van der Waals surface area (Å²) in [7, 11) is 1.63. The first-order valence-electron chi connectivity index (χ1n) is 8.73. The predicted octanol–water partition coefficient (Wildman–Crippen LogP) is -0.489. The van der Waals surface area contributed by atoms with Crippen molar-refractivity contribution in [3.05, 3.63) is 34.9 Å². The van der Waals surface area contributed by atoms with E-state index in [4.69, 9.17) is 10.5 Å². The van der Waals surface area contributed by atoms with E-state index in [9.17, 15) is 14.4 Å². The molecule has 2 aliphatic heterocycles. The molecular weight excluding hydrogens is 336 g/mol. The highest BCUT2D eigenvalue weighted by atomic mass is 16.5. The van der Waals surface area contributed by atoms with Gasteiger partial charge in [-0.2, -0.15) is 0 Å². The first-order valence-corrected chi connectivity index (χ1v) is 8.73. The van der Waals surface area contributed by atoms with Gasteiger partial charge in [-0.15, -0.1) is 0 Å². The van der Waals surface area contributed by atoms with Crippen molar-refractivity contribution >= 4 is 17.7 Å². The Hall–Kier alpha value is -2.29. The summed E-state index contributed by atoms with van der Waals surface area (Å²) in [5.41, 5.74) is 8.17. The summed E-state index contributed by atoms with van der Waals surface area (Å²) < 4.78 is 5.22. The number of hydrogen-bond acceptors (Lipinski definition) is 6. The van der Waals surface area contributed by atoms with E-state index in [1.165, 1.54) is 0 Å². The molecule has 1 saturated heterocycles. The Morgan fingerprint density at radius 2 is 2.19 bits per heavy atom. The van der Waals surface area contributed by atoms with Crippen molar-refractivity contribution in [2.24, 2.45) is 5.73 Å². The lowest BCUT2D eigenvalue weighted by Gasteiger charge is -2.29. The molecule has 2 unspecified atom stereocenters. The van der Waals surface area contributed by atoms with Crippen molar-refractivity contribution < 1.29 is 19.1 Å². The summed E-state index contributed by atoms with van der Waals surface area (Å²) in [6, 6.07) is 5.11. The summed E-state index contributed by atoms with van der Waals surface area (Å²) >= 11 is 0. The van der Waals surface area contributed by atoms with Crippen LogP contribution in [0.4, 0.5) is 0 Å². The first-order chi connectivity index (χ1) is 12.5. The third-order valence-electron chi connectivity index (χ3n) is 4.89. The average Bonchev–Trinajstić information content (AvgIpc) is 2.95. The van der Waals surface area contributed by atoms with E-state index < -0.39 is 11.9 Å². The first kappa shape index (κ1) is 18.5. The van der Waals surface area contributed by atoms with Crippen LogP contribution in [-0.4, -0.2) is 55.0 Å². The molecule has 2 atom stereocenters. The van der Waals surface area contributed by atoms with Gasteiger partial charge >= 0.3 is 0 Å². The molecule has 0 radical (unpaired) electrons. The second-order valence-electron chi connectivity index (χ2n) is 6.62. The minimum Gasteiger partial charge on any atom is -0.379 e. The minimum absolute atomic E-state index is 0.0333. The number of amides is 3. The van der Waals surface area contributed by atoms with Crippen molar-refractivity contribution in [1.29, 1.82) is 0 Å². The number of ether oxygens (including phenoxy) is 1. The molecule has 0 spiro atoms. The highest BCUT2D eigenvalue weighted by Gasteiger charge is 2.38. The van der Waals surface area contributed by atoms with Crippen LogP contribution in [-0.2, 0) is 27.4 Å². The lowest BCUT2D eigenvalue weighted by Crippen LogP contribution is -2.52. The molecule has 0 bridgehead atoms. The number of rotatable bonds is 7. The molecule has 8 nitrogen and oxygen atoms in total. The number of piperidine rings is 1. The topological polar surface area (TPSA) is 114 Å². The zero-order valence-corrected chi connectivity index (χ0v) is 14.8. The molecular formula is C18H24N4O4. The Balaban J connectivity index is 1.64. The van der Waals surface area contributed by atoms with E-state index in [0.717, 1.165) is 11.1 Å². The molecule has 0 aliphatic carbocycles. The number of nitrogens with one attached hydrogen (secondary N) is 2. The second-order valence-corrected chi connectivity index (χ2v) is 6.62. The van der Waals surface area contributed by atoms with E-state index in [2.05, 4.69) is 10.6 Å². The molecule has 0 aromatic heterocycles. The number of methoxy groups -OCH3 is 1. The number of nitrogens with two attached hydrogens (primary N) is 1.